The first-order valence-corrected chi connectivity index (χ1v) is 7.23. The molecule has 1 N–H and O–H groups in total. The number of aromatic nitrogens is 4. The highest BCUT2D eigenvalue weighted by molar-refractivity contribution is 5.77. The van der Waals surface area contributed by atoms with E-state index in [0.29, 0.717) is 5.92 Å². The zero-order chi connectivity index (χ0) is 15.0. The van der Waals surface area contributed by atoms with Gasteiger partial charge in [-0.15, -0.1) is 0 Å². The lowest BCUT2D eigenvalue weighted by Gasteiger charge is -2.16. The van der Waals surface area contributed by atoms with Crippen LogP contribution in [0.2, 0.25) is 0 Å². The smallest absolute Gasteiger partial charge is 0.203 e. The number of nitrogens with one attached hydrogen (secondary N) is 1. The zero-order valence-electron chi connectivity index (χ0n) is 13.0. The van der Waals surface area contributed by atoms with Crippen LogP contribution < -0.4 is 4.90 Å². The largest absolute Gasteiger partial charge is 0.341 e. The summed E-state index contributed by atoms with van der Waals surface area (Å²) in [5, 5.41) is 4.56. The molecule has 1 aromatic carbocycles. The molecule has 3 aromatic rings. The second-order valence-electron chi connectivity index (χ2n) is 5.80. The Labute approximate surface area is 124 Å². The van der Waals surface area contributed by atoms with E-state index in [1.165, 1.54) is 5.56 Å². The van der Waals surface area contributed by atoms with Crippen molar-refractivity contribution in [1.82, 2.24) is 19.7 Å². The van der Waals surface area contributed by atoms with E-state index >= 15 is 0 Å². The average Bonchev–Trinajstić information content (AvgIpc) is 3.02. The first kappa shape index (κ1) is 13.7. The van der Waals surface area contributed by atoms with Gasteiger partial charge in [-0.3, -0.25) is 4.68 Å². The molecule has 0 aliphatic heterocycles. The Morgan fingerprint density at radius 3 is 2.76 bits per heavy atom. The van der Waals surface area contributed by atoms with Gasteiger partial charge < -0.3 is 9.88 Å². The molecular weight excluding hydrogens is 262 g/mol. The van der Waals surface area contributed by atoms with Crippen molar-refractivity contribution in [3.8, 4) is 0 Å². The summed E-state index contributed by atoms with van der Waals surface area (Å²) in [6.45, 7) is 5.14. The number of nitrogens with zero attached hydrogens (tertiary/aromatic N) is 4. The Bertz CT molecular complexity index is 720. The molecule has 0 fully saturated rings. The topological polar surface area (TPSA) is 49.7 Å². The molecule has 0 aliphatic rings. The fraction of sp³-hybridized carbons (Fsp3) is 0.375. The maximum atomic E-state index is 4.63. The van der Waals surface area contributed by atoms with E-state index < -0.39 is 0 Å². The summed E-state index contributed by atoms with van der Waals surface area (Å²) in [4.78, 5) is 10.1. The Morgan fingerprint density at radius 1 is 1.29 bits per heavy atom. The molecule has 2 aromatic heterocycles. The van der Waals surface area contributed by atoms with Gasteiger partial charge >= 0.3 is 0 Å². The fourth-order valence-electron chi connectivity index (χ4n) is 2.61. The Kier molecular flexibility index (Phi) is 3.41. The lowest BCUT2D eigenvalue weighted by Crippen LogP contribution is -2.18. The van der Waals surface area contributed by atoms with Gasteiger partial charge in [-0.05, 0) is 18.1 Å². The van der Waals surface area contributed by atoms with Gasteiger partial charge in [0, 0.05) is 32.4 Å². The van der Waals surface area contributed by atoms with Crippen molar-refractivity contribution < 1.29 is 0 Å². The van der Waals surface area contributed by atoms with Crippen LogP contribution in [0.15, 0.2) is 30.5 Å². The molecule has 0 aliphatic carbocycles. The molecule has 0 unspecified atom stereocenters. The van der Waals surface area contributed by atoms with Crippen molar-refractivity contribution in [3.05, 3.63) is 41.7 Å². The standard InChI is InChI=1S/C16H21N5/c1-11(2)15-12(10-21(4)19-15)9-20(3)16-17-13-7-5-6-8-14(13)18-16/h5-8,10-11H,9H2,1-4H3,(H,17,18). The first-order valence-electron chi connectivity index (χ1n) is 7.23. The number of imidazole rings is 1. The summed E-state index contributed by atoms with van der Waals surface area (Å²) in [6.07, 6.45) is 2.09. The minimum absolute atomic E-state index is 0.422. The van der Waals surface area contributed by atoms with Crippen molar-refractivity contribution in [3.63, 3.8) is 0 Å². The lowest BCUT2D eigenvalue weighted by atomic mass is 10.1. The Morgan fingerprint density at radius 2 is 2.05 bits per heavy atom. The second kappa shape index (κ2) is 5.24. The molecule has 0 spiro atoms. The average molecular weight is 283 g/mol. The van der Waals surface area contributed by atoms with E-state index in [-0.39, 0.29) is 0 Å². The molecule has 0 bridgehead atoms. The fourth-order valence-corrected chi connectivity index (χ4v) is 2.61. The lowest BCUT2D eigenvalue weighted by molar-refractivity contribution is 0.711. The second-order valence-corrected chi connectivity index (χ2v) is 5.80. The first-order chi connectivity index (χ1) is 10.0. The molecule has 0 saturated heterocycles. The normalized spacial score (nSPS) is 11.5. The van der Waals surface area contributed by atoms with Crippen molar-refractivity contribution in [2.24, 2.45) is 7.05 Å². The quantitative estimate of drug-likeness (QED) is 0.800. The molecule has 2 heterocycles. The van der Waals surface area contributed by atoms with E-state index in [0.717, 1.165) is 29.2 Å². The highest BCUT2D eigenvalue weighted by Gasteiger charge is 2.15. The van der Waals surface area contributed by atoms with Gasteiger partial charge in [-0.1, -0.05) is 26.0 Å². The van der Waals surface area contributed by atoms with Gasteiger partial charge in [0.25, 0.3) is 0 Å². The summed E-state index contributed by atoms with van der Waals surface area (Å²) >= 11 is 0. The highest BCUT2D eigenvalue weighted by Crippen LogP contribution is 2.21. The number of aryl methyl sites for hydroxylation is 1. The number of aromatic amines is 1. The Hall–Kier alpha value is -2.30. The maximum Gasteiger partial charge on any atom is 0.203 e. The van der Waals surface area contributed by atoms with Gasteiger partial charge in [-0.2, -0.15) is 5.10 Å². The molecular formula is C16H21N5. The minimum atomic E-state index is 0.422. The Balaban J connectivity index is 1.87. The van der Waals surface area contributed by atoms with Crippen LogP contribution in [0.25, 0.3) is 11.0 Å². The molecule has 5 nitrogen and oxygen atoms in total. The van der Waals surface area contributed by atoms with E-state index in [4.69, 9.17) is 0 Å². The maximum absolute atomic E-state index is 4.63. The number of anilines is 1. The number of rotatable bonds is 4. The van der Waals surface area contributed by atoms with Gasteiger partial charge in [-0.25, -0.2) is 4.98 Å². The summed E-state index contributed by atoms with van der Waals surface area (Å²) in [6, 6.07) is 8.09. The monoisotopic (exact) mass is 283 g/mol. The number of hydrogen-bond donors (Lipinski definition) is 1. The van der Waals surface area contributed by atoms with Crippen molar-refractivity contribution >= 4 is 17.0 Å². The molecule has 0 saturated carbocycles. The molecule has 0 radical (unpaired) electrons. The molecule has 5 heteroatoms. The summed E-state index contributed by atoms with van der Waals surface area (Å²) in [5.41, 5.74) is 4.46. The van der Waals surface area contributed by atoms with Crippen LogP contribution in [0.1, 0.15) is 31.0 Å². The molecule has 0 amide bonds. The summed E-state index contributed by atoms with van der Waals surface area (Å²) < 4.78 is 1.89. The van der Waals surface area contributed by atoms with Gasteiger partial charge in [0.2, 0.25) is 5.95 Å². The number of benzene rings is 1. The van der Waals surface area contributed by atoms with Gasteiger partial charge in [0.15, 0.2) is 0 Å². The molecule has 21 heavy (non-hydrogen) atoms. The zero-order valence-corrected chi connectivity index (χ0v) is 13.0. The van der Waals surface area contributed by atoms with Crippen LogP contribution in [-0.2, 0) is 13.6 Å². The number of fused-ring (bicyclic) bond motifs is 1. The van der Waals surface area contributed by atoms with Crippen LogP contribution >= 0.6 is 0 Å². The van der Waals surface area contributed by atoms with Crippen LogP contribution in [0.4, 0.5) is 5.95 Å². The third-order valence-corrected chi connectivity index (χ3v) is 3.63. The summed E-state index contributed by atoms with van der Waals surface area (Å²) in [7, 11) is 4.02. The van der Waals surface area contributed by atoms with Crippen molar-refractivity contribution in [2.75, 3.05) is 11.9 Å². The van der Waals surface area contributed by atoms with Crippen LogP contribution in [-0.4, -0.2) is 26.8 Å². The highest BCUT2D eigenvalue weighted by atomic mass is 15.3. The molecule has 110 valence electrons. The molecule has 3 rings (SSSR count). The van der Waals surface area contributed by atoms with Gasteiger partial charge in [0.05, 0.1) is 16.7 Å². The van der Waals surface area contributed by atoms with Crippen LogP contribution in [0.3, 0.4) is 0 Å². The minimum Gasteiger partial charge on any atom is -0.341 e. The predicted molar refractivity (Wildman–Crippen MR) is 85.5 cm³/mol. The van der Waals surface area contributed by atoms with Crippen LogP contribution in [0, 0.1) is 0 Å². The summed E-state index contributed by atoms with van der Waals surface area (Å²) in [5.74, 6) is 1.31. The SMILES string of the molecule is CC(C)c1nn(C)cc1CN(C)c1nc2ccccc2[nH]1. The van der Waals surface area contributed by atoms with E-state index in [1.807, 2.05) is 36.0 Å². The predicted octanol–water partition coefficient (Wildman–Crippen LogP) is 3.06. The van der Waals surface area contributed by atoms with E-state index in [1.54, 1.807) is 0 Å². The van der Waals surface area contributed by atoms with E-state index in [9.17, 15) is 0 Å². The number of hydrogen-bond acceptors (Lipinski definition) is 3. The van der Waals surface area contributed by atoms with Crippen LogP contribution in [0.5, 0.6) is 0 Å². The number of para-hydroxylation sites is 2. The van der Waals surface area contributed by atoms with E-state index in [2.05, 4.69) is 47.1 Å². The third-order valence-electron chi connectivity index (χ3n) is 3.63. The van der Waals surface area contributed by atoms with Crippen molar-refractivity contribution in [2.45, 2.75) is 26.3 Å². The molecule has 0 atom stereocenters. The number of H-pyrrole nitrogens is 1. The third kappa shape index (κ3) is 2.63. The van der Waals surface area contributed by atoms with Crippen molar-refractivity contribution in [1.29, 1.82) is 0 Å². The van der Waals surface area contributed by atoms with Gasteiger partial charge in [0.1, 0.15) is 0 Å².